The number of anilines is 1. The van der Waals surface area contributed by atoms with Crippen LogP contribution in [0.15, 0.2) is 18.5 Å². The number of rotatable bonds is 2. The van der Waals surface area contributed by atoms with Crippen molar-refractivity contribution in [2.45, 2.75) is 24.9 Å². The Morgan fingerprint density at radius 3 is 2.88 bits per heavy atom. The molecule has 0 aliphatic carbocycles. The Hall–Kier alpha value is -1.87. The van der Waals surface area contributed by atoms with Crippen LogP contribution in [0.5, 0.6) is 0 Å². The van der Waals surface area contributed by atoms with Gasteiger partial charge >= 0.3 is 0 Å². The standard InChI is InChI=1S/C16H18F2N4O2S/c17-16(18)2-5-21(6-3-16)14(23)12-10-22(7-8-24-12)15-20-11-9-19-4-1-13(11)25-15/h1,4,9,12H,2-3,5-8,10H2. The van der Waals surface area contributed by atoms with Gasteiger partial charge in [0.1, 0.15) is 5.52 Å². The molecule has 25 heavy (non-hydrogen) atoms. The first kappa shape index (κ1) is 16.6. The Morgan fingerprint density at radius 1 is 1.32 bits per heavy atom. The zero-order valence-corrected chi connectivity index (χ0v) is 14.3. The first-order valence-corrected chi connectivity index (χ1v) is 9.07. The molecule has 1 atom stereocenters. The van der Waals surface area contributed by atoms with Crippen LogP contribution in [0.1, 0.15) is 12.8 Å². The molecular weight excluding hydrogens is 350 g/mol. The molecule has 0 bridgehead atoms. The average molecular weight is 368 g/mol. The second kappa shape index (κ2) is 6.45. The smallest absolute Gasteiger partial charge is 0.253 e. The maximum atomic E-state index is 13.3. The second-order valence-electron chi connectivity index (χ2n) is 6.33. The Morgan fingerprint density at radius 2 is 2.12 bits per heavy atom. The maximum absolute atomic E-state index is 13.3. The number of aromatic nitrogens is 2. The van der Waals surface area contributed by atoms with E-state index in [4.69, 9.17) is 4.74 Å². The third-order valence-electron chi connectivity index (χ3n) is 4.60. The highest BCUT2D eigenvalue weighted by Gasteiger charge is 2.38. The number of thiazole rings is 1. The van der Waals surface area contributed by atoms with Gasteiger partial charge in [0.25, 0.3) is 11.8 Å². The number of nitrogens with zero attached hydrogens (tertiary/aromatic N) is 4. The minimum absolute atomic E-state index is 0.0818. The van der Waals surface area contributed by atoms with E-state index in [1.165, 1.54) is 4.90 Å². The Balaban J connectivity index is 1.44. The maximum Gasteiger partial charge on any atom is 0.253 e. The fourth-order valence-corrected chi connectivity index (χ4v) is 4.10. The highest BCUT2D eigenvalue weighted by Crippen LogP contribution is 2.31. The number of likely N-dealkylation sites (tertiary alicyclic amines) is 1. The predicted octanol–water partition coefficient (Wildman–Crippen LogP) is 2.15. The van der Waals surface area contributed by atoms with Gasteiger partial charge in [-0.2, -0.15) is 0 Å². The number of amides is 1. The molecule has 2 aromatic rings. The van der Waals surface area contributed by atoms with Crippen molar-refractivity contribution in [2.24, 2.45) is 0 Å². The van der Waals surface area contributed by atoms with Crippen LogP contribution in [0.2, 0.25) is 0 Å². The molecule has 6 nitrogen and oxygen atoms in total. The predicted molar refractivity (Wildman–Crippen MR) is 90.1 cm³/mol. The van der Waals surface area contributed by atoms with Crippen LogP contribution in [-0.4, -0.2) is 65.6 Å². The van der Waals surface area contributed by atoms with Gasteiger partial charge in [-0.05, 0) is 6.07 Å². The van der Waals surface area contributed by atoms with E-state index in [0.717, 1.165) is 15.3 Å². The van der Waals surface area contributed by atoms with E-state index in [2.05, 4.69) is 9.97 Å². The van der Waals surface area contributed by atoms with Gasteiger partial charge in [-0.15, -0.1) is 0 Å². The molecule has 2 saturated heterocycles. The van der Waals surface area contributed by atoms with E-state index >= 15 is 0 Å². The second-order valence-corrected chi connectivity index (χ2v) is 7.34. The zero-order chi connectivity index (χ0) is 17.4. The summed E-state index contributed by atoms with van der Waals surface area (Å²) < 4.78 is 33.2. The van der Waals surface area contributed by atoms with Crippen molar-refractivity contribution >= 4 is 32.6 Å². The Bertz CT molecular complexity index is 741. The molecule has 4 heterocycles. The lowest BCUT2D eigenvalue weighted by atomic mass is 10.1. The fourth-order valence-electron chi connectivity index (χ4n) is 3.13. The summed E-state index contributed by atoms with van der Waals surface area (Å²) in [5, 5.41) is 0.828. The minimum Gasteiger partial charge on any atom is -0.365 e. The molecule has 0 saturated carbocycles. The minimum atomic E-state index is -2.66. The largest absolute Gasteiger partial charge is 0.365 e. The van der Waals surface area contributed by atoms with Crippen molar-refractivity contribution < 1.29 is 18.3 Å². The number of piperidine rings is 1. The van der Waals surface area contributed by atoms with Gasteiger partial charge in [-0.1, -0.05) is 11.3 Å². The lowest BCUT2D eigenvalue weighted by molar-refractivity contribution is -0.150. The van der Waals surface area contributed by atoms with Crippen molar-refractivity contribution in [2.75, 3.05) is 37.7 Å². The molecule has 2 aromatic heterocycles. The van der Waals surface area contributed by atoms with E-state index in [1.54, 1.807) is 23.7 Å². The number of pyridine rings is 1. The molecular formula is C16H18F2N4O2S. The van der Waals surface area contributed by atoms with E-state index < -0.39 is 12.0 Å². The molecule has 1 amide bonds. The van der Waals surface area contributed by atoms with Crippen LogP contribution < -0.4 is 4.90 Å². The Labute approximate surface area is 147 Å². The van der Waals surface area contributed by atoms with E-state index in [-0.39, 0.29) is 31.8 Å². The molecule has 0 spiro atoms. The first-order valence-electron chi connectivity index (χ1n) is 8.26. The van der Waals surface area contributed by atoms with Crippen LogP contribution in [-0.2, 0) is 9.53 Å². The third-order valence-corrected chi connectivity index (χ3v) is 5.69. The van der Waals surface area contributed by atoms with Crippen LogP contribution in [0, 0.1) is 0 Å². The number of carbonyl (C=O) groups is 1. The fraction of sp³-hybridized carbons (Fsp3) is 0.562. The van der Waals surface area contributed by atoms with Gasteiger partial charge in [-0.25, -0.2) is 13.8 Å². The van der Waals surface area contributed by atoms with E-state index in [0.29, 0.717) is 19.7 Å². The van der Waals surface area contributed by atoms with E-state index in [1.807, 2.05) is 11.0 Å². The van der Waals surface area contributed by atoms with Gasteiger partial charge in [0.2, 0.25) is 0 Å². The van der Waals surface area contributed by atoms with Crippen LogP contribution in [0.4, 0.5) is 13.9 Å². The number of hydrogen-bond acceptors (Lipinski definition) is 6. The molecule has 1 unspecified atom stereocenters. The third kappa shape index (κ3) is 3.43. The van der Waals surface area contributed by atoms with Gasteiger partial charge in [0, 0.05) is 38.7 Å². The summed E-state index contributed by atoms with van der Waals surface area (Å²) in [7, 11) is 0. The van der Waals surface area contributed by atoms with Gasteiger partial charge in [0.15, 0.2) is 11.2 Å². The lowest BCUT2D eigenvalue weighted by Gasteiger charge is -2.37. The normalized spacial score (nSPS) is 23.8. The van der Waals surface area contributed by atoms with Gasteiger partial charge in [0.05, 0.1) is 24.0 Å². The lowest BCUT2D eigenvalue weighted by Crippen LogP contribution is -2.53. The monoisotopic (exact) mass is 368 g/mol. The number of alkyl halides is 2. The van der Waals surface area contributed by atoms with Gasteiger partial charge < -0.3 is 14.5 Å². The topological polar surface area (TPSA) is 58.6 Å². The molecule has 4 rings (SSSR count). The van der Waals surface area contributed by atoms with Crippen molar-refractivity contribution in [1.29, 1.82) is 0 Å². The number of hydrogen-bond donors (Lipinski definition) is 0. The molecule has 0 radical (unpaired) electrons. The number of halogens is 2. The highest BCUT2D eigenvalue weighted by atomic mass is 32.1. The van der Waals surface area contributed by atoms with Crippen molar-refractivity contribution in [3.63, 3.8) is 0 Å². The first-order chi connectivity index (χ1) is 12.0. The number of carbonyl (C=O) groups excluding carboxylic acids is 1. The highest BCUT2D eigenvalue weighted by molar-refractivity contribution is 7.22. The molecule has 0 N–H and O–H groups in total. The number of fused-ring (bicyclic) bond motifs is 1. The average Bonchev–Trinajstić information content (AvgIpc) is 3.05. The molecule has 134 valence electrons. The Kier molecular flexibility index (Phi) is 4.28. The van der Waals surface area contributed by atoms with Crippen LogP contribution in [0.3, 0.4) is 0 Å². The summed E-state index contributed by atoms with van der Waals surface area (Å²) >= 11 is 1.55. The van der Waals surface area contributed by atoms with Gasteiger partial charge in [-0.3, -0.25) is 9.78 Å². The van der Waals surface area contributed by atoms with Crippen LogP contribution in [0.25, 0.3) is 10.2 Å². The molecule has 0 aromatic carbocycles. The summed E-state index contributed by atoms with van der Waals surface area (Å²) in [6.07, 6.45) is 2.25. The molecule has 2 aliphatic heterocycles. The summed E-state index contributed by atoms with van der Waals surface area (Å²) in [6, 6.07) is 1.91. The molecule has 2 aliphatic rings. The van der Waals surface area contributed by atoms with E-state index in [9.17, 15) is 13.6 Å². The number of morpholine rings is 1. The summed E-state index contributed by atoms with van der Waals surface area (Å²) in [5.74, 6) is -2.87. The van der Waals surface area contributed by atoms with Crippen molar-refractivity contribution in [1.82, 2.24) is 14.9 Å². The quantitative estimate of drug-likeness (QED) is 0.813. The SMILES string of the molecule is O=C(C1CN(c2nc3cnccc3s2)CCO1)N1CCC(F)(F)CC1. The zero-order valence-electron chi connectivity index (χ0n) is 13.5. The van der Waals surface area contributed by atoms with Crippen LogP contribution >= 0.6 is 11.3 Å². The number of ether oxygens (including phenoxy) is 1. The summed E-state index contributed by atoms with van der Waals surface area (Å²) in [6.45, 7) is 1.61. The summed E-state index contributed by atoms with van der Waals surface area (Å²) in [4.78, 5) is 24.8. The van der Waals surface area contributed by atoms with Crippen molar-refractivity contribution in [3.05, 3.63) is 18.5 Å². The molecule has 9 heteroatoms. The summed E-state index contributed by atoms with van der Waals surface area (Å²) in [5.41, 5.74) is 0.829. The van der Waals surface area contributed by atoms with Crippen molar-refractivity contribution in [3.8, 4) is 0 Å². The molecule has 2 fully saturated rings.